The maximum atomic E-state index is 12.7. The van der Waals surface area contributed by atoms with Gasteiger partial charge in [0.05, 0.1) is 12.7 Å². The first kappa shape index (κ1) is 21.9. The number of aromatic nitrogens is 2. The molecule has 0 saturated carbocycles. The number of fused-ring (bicyclic) bond motifs is 1. The second-order valence-electron chi connectivity index (χ2n) is 7.25. The third-order valence-electron chi connectivity index (χ3n) is 5.14. The summed E-state index contributed by atoms with van der Waals surface area (Å²) >= 11 is 0. The molecule has 6 nitrogen and oxygen atoms in total. The van der Waals surface area contributed by atoms with E-state index in [9.17, 15) is 4.79 Å². The number of benzene rings is 1. The van der Waals surface area contributed by atoms with Gasteiger partial charge in [-0.25, -0.2) is 4.98 Å². The number of allylic oxidation sites excluding steroid dienone is 3. The van der Waals surface area contributed by atoms with Crippen LogP contribution < -0.4 is 10.1 Å². The molecule has 0 fully saturated rings. The van der Waals surface area contributed by atoms with Crippen molar-refractivity contribution in [2.24, 2.45) is 0 Å². The summed E-state index contributed by atoms with van der Waals surface area (Å²) in [6.45, 7) is 5.92. The highest BCUT2D eigenvalue weighted by molar-refractivity contribution is 6.01. The van der Waals surface area contributed by atoms with E-state index in [0.29, 0.717) is 11.3 Å². The van der Waals surface area contributed by atoms with Gasteiger partial charge < -0.3 is 19.9 Å². The van der Waals surface area contributed by atoms with Gasteiger partial charge in [0, 0.05) is 61.3 Å². The van der Waals surface area contributed by atoms with Gasteiger partial charge in [0.15, 0.2) is 0 Å². The topological polar surface area (TPSA) is 70.2 Å². The number of ether oxygens (including phenoxy) is 1. The highest BCUT2D eigenvalue weighted by Crippen LogP contribution is 2.35. The lowest BCUT2D eigenvalue weighted by Crippen LogP contribution is -2.27. The second kappa shape index (κ2) is 9.34. The van der Waals surface area contributed by atoms with Gasteiger partial charge >= 0.3 is 0 Å². The first-order valence-electron chi connectivity index (χ1n) is 9.98. The number of carbonyl (C=O) groups is 1. The van der Waals surface area contributed by atoms with Crippen LogP contribution in [0, 0.1) is 0 Å². The molecule has 0 spiro atoms. The predicted molar refractivity (Wildman–Crippen MR) is 127 cm³/mol. The van der Waals surface area contributed by atoms with Gasteiger partial charge in [-0.15, -0.1) is 0 Å². The Morgan fingerprint density at radius 3 is 2.65 bits per heavy atom. The number of para-hydroxylation sites is 1. The number of amides is 1. The van der Waals surface area contributed by atoms with Crippen LogP contribution in [0.25, 0.3) is 27.7 Å². The molecule has 0 aliphatic heterocycles. The Kier molecular flexibility index (Phi) is 6.60. The summed E-state index contributed by atoms with van der Waals surface area (Å²) in [5, 5.41) is 3.95. The lowest BCUT2D eigenvalue weighted by Gasteiger charge is -2.16. The van der Waals surface area contributed by atoms with Crippen molar-refractivity contribution in [2.75, 3.05) is 28.3 Å². The smallest absolute Gasteiger partial charge is 0.255 e. The summed E-state index contributed by atoms with van der Waals surface area (Å²) < 4.78 is 5.54. The first-order valence-corrected chi connectivity index (χ1v) is 9.98. The minimum atomic E-state index is -0.121. The molecule has 0 unspecified atom stereocenters. The maximum Gasteiger partial charge on any atom is 0.255 e. The van der Waals surface area contributed by atoms with Gasteiger partial charge in [0.2, 0.25) is 0 Å². The minimum Gasteiger partial charge on any atom is -0.496 e. The number of pyridine rings is 1. The minimum absolute atomic E-state index is 0.121. The van der Waals surface area contributed by atoms with E-state index in [4.69, 9.17) is 4.74 Å². The number of nitrogens with one attached hydrogen (secondary N) is 2. The third-order valence-corrected chi connectivity index (χ3v) is 5.14. The summed E-state index contributed by atoms with van der Waals surface area (Å²) in [6.07, 6.45) is 7.55. The molecule has 0 saturated heterocycles. The SMILES string of the molecule is C=C(NC)/C(=C\C(=C/C)c1cnc2[nH]cc(-c3ccccc3OC)c2c1)C(=O)N(C)C. The van der Waals surface area contributed by atoms with E-state index in [0.717, 1.165) is 39.0 Å². The van der Waals surface area contributed by atoms with Crippen LogP contribution in [-0.2, 0) is 4.79 Å². The molecule has 3 rings (SSSR count). The van der Waals surface area contributed by atoms with E-state index in [2.05, 4.69) is 27.9 Å². The van der Waals surface area contributed by atoms with Crippen LogP contribution in [0.2, 0.25) is 0 Å². The molecule has 2 aromatic heterocycles. The van der Waals surface area contributed by atoms with Crippen LogP contribution in [0.5, 0.6) is 5.75 Å². The van der Waals surface area contributed by atoms with Gasteiger partial charge in [-0.2, -0.15) is 0 Å². The quantitative estimate of drug-likeness (QED) is 0.443. The Bertz CT molecular complexity index is 1190. The Morgan fingerprint density at radius 2 is 2.00 bits per heavy atom. The molecule has 31 heavy (non-hydrogen) atoms. The molecule has 6 heteroatoms. The van der Waals surface area contributed by atoms with Gasteiger partial charge in [0.1, 0.15) is 11.4 Å². The van der Waals surface area contributed by atoms with Crippen molar-refractivity contribution in [1.29, 1.82) is 0 Å². The first-order chi connectivity index (χ1) is 14.9. The maximum absolute atomic E-state index is 12.7. The summed E-state index contributed by atoms with van der Waals surface area (Å²) in [4.78, 5) is 22.1. The molecule has 0 atom stereocenters. The standard InChI is InChI=1S/C25H28N4O2/c1-7-17(12-20(16(2)26-3)25(30)29(4)5)18-13-21-22(15-28-24(21)27-14-18)19-10-8-9-11-23(19)31-6/h7-15,26H,2H2,1,3-6H3,(H,27,28)/b17-7+,20-12+. The van der Waals surface area contributed by atoms with Gasteiger partial charge in [-0.3, -0.25) is 4.79 Å². The summed E-state index contributed by atoms with van der Waals surface area (Å²) in [5.74, 6) is 0.674. The van der Waals surface area contributed by atoms with Crippen molar-refractivity contribution in [1.82, 2.24) is 20.2 Å². The van der Waals surface area contributed by atoms with Crippen LogP contribution in [-0.4, -0.2) is 49.0 Å². The molecule has 0 bridgehead atoms. The molecule has 2 N–H and O–H groups in total. The fourth-order valence-corrected chi connectivity index (χ4v) is 3.39. The van der Waals surface area contributed by atoms with Crippen molar-refractivity contribution in [2.45, 2.75) is 6.92 Å². The highest BCUT2D eigenvalue weighted by atomic mass is 16.5. The number of likely N-dealkylation sites (N-methyl/N-ethyl adjacent to an activating group) is 2. The molecular weight excluding hydrogens is 388 g/mol. The van der Waals surface area contributed by atoms with Crippen molar-refractivity contribution >= 4 is 22.5 Å². The Labute approximate surface area is 182 Å². The highest BCUT2D eigenvalue weighted by Gasteiger charge is 2.17. The van der Waals surface area contributed by atoms with Gasteiger partial charge in [0.25, 0.3) is 5.91 Å². The molecule has 3 aromatic rings. The van der Waals surface area contributed by atoms with E-state index in [1.807, 2.05) is 49.5 Å². The van der Waals surface area contributed by atoms with Crippen molar-refractivity contribution in [3.8, 4) is 16.9 Å². The normalized spacial score (nSPS) is 12.0. The number of rotatable bonds is 7. The van der Waals surface area contributed by atoms with E-state index in [-0.39, 0.29) is 5.91 Å². The fraction of sp³-hybridized carbons (Fsp3) is 0.200. The molecular formula is C25H28N4O2. The Hall–Kier alpha value is -3.80. The summed E-state index contributed by atoms with van der Waals surface area (Å²) in [7, 11) is 6.86. The molecule has 1 amide bonds. The predicted octanol–water partition coefficient (Wildman–Crippen LogP) is 4.39. The Morgan fingerprint density at radius 1 is 1.26 bits per heavy atom. The zero-order chi connectivity index (χ0) is 22.5. The summed E-state index contributed by atoms with van der Waals surface area (Å²) in [5.41, 5.74) is 5.61. The van der Waals surface area contributed by atoms with Gasteiger partial charge in [-0.05, 0) is 30.7 Å². The lowest BCUT2D eigenvalue weighted by atomic mass is 9.99. The van der Waals surface area contributed by atoms with Crippen LogP contribution >= 0.6 is 0 Å². The van der Waals surface area contributed by atoms with Crippen molar-refractivity contribution in [3.63, 3.8) is 0 Å². The number of nitrogens with zero attached hydrogens (tertiary/aromatic N) is 2. The van der Waals surface area contributed by atoms with Crippen LogP contribution in [0.15, 0.2) is 72.7 Å². The largest absolute Gasteiger partial charge is 0.496 e. The summed E-state index contributed by atoms with van der Waals surface area (Å²) in [6, 6.07) is 9.97. The Balaban J connectivity index is 2.13. The number of hydrogen-bond acceptors (Lipinski definition) is 4. The number of carbonyl (C=O) groups excluding carboxylic acids is 1. The van der Waals surface area contributed by atoms with E-state index >= 15 is 0 Å². The average Bonchev–Trinajstić information content (AvgIpc) is 3.21. The zero-order valence-corrected chi connectivity index (χ0v) is 18.6. The molecule has 1 aromatic carbocycles. The van der Waals surface area contributed by atoms with Crippen LogP contribution in [0.1, 0.15) is 12.5 Å². The third kappa shape index (κ3) is 4.38. The van der Waals surface area contributed by atoms with E-state index < -0.39 is 0 Å². The van der Waals surface area contributed by atoms with Crippen molar-refractivity contribution < 1.29 is 9.53 Å². The monoisotopic (exact) mass is 416 g/mol. The van der Waals surface area contributed by atoms with Crippen LogP contribution in [0.4, 0.5) is 0 Å². The molecule has 160 valence electrons. The zero-order valence-electron chi connectivity index (χ0n) is 18.6. The molecule has 0 aliphatic carbocycles. The molecule has 2 heterocycles. The fourth-order valence-electron chi connectivity index (χ4n) is 3.39. The number of hydrogen-bond donors (Lipinski definition) is 2. The second-order valence-corrected chi connectivity index (χ2v) is 7.25. The van der Waals surface area contributed by atoms with Gasteiger partial charge in [-0.1, -0.05) is 30.9 Å². The number of H-pyrrole nitrogens is 1. The molecule has 0 aliphatic rings. The van der Waals surface area contributed by atoms with E-state index in [1.165, 1.54) is 4.90 Å². The lowest BCUT2D eigenvalue weighted by molar-refractivity contribution is -0.124. The van der Waals surface area contributed by atoms with Crippen molar-refractivity contribution in [3.05, 3.63) is 78.3 Å². The molecule has 0 radical (unpaired) electrons. The van der Waals surface area contributed by atoms with E-state index in [1.54, 1.807) is 34.4 Å². The number of methoxy groups -OCH3 is 1. The van der Waals surface area contributed by atoms with Crippen LogP contribution in [0.3, 0.4) is 0 Å². The average molecular weight is 417 g/mol. The number of aromatic amines is 1.